The van der Waals surface area contributed by atoms with Gasteiger partial charge in [-0.05, 0) is 24.6 Å². The maximum atomic E-state index is 11.7. The van der Waals surface area contributed by atoms with Gasteiger partial charge in [-0.25, -0.2) is 0 Å². The van der Waals surface area contributed by atoms with Crippen LogP contribution in [0.25, 0.3) is 0 Å². The lowest BCUT2D eigenvalue weighted by molar-refractivity contribution is -0.141. The van der Waals surface area contributed by atoms with Crippen molar-refractivity contribution < 1.29 is 19.8 Å². The van der Waals surface area contributed by atoms with Gasteiger partial charge in [0.2, 0.25) is 5.91 Å². The monoisotopic (exact) mass is 235 g/mol. The van der Waals surface area contributed by atoms with Gasteiger partial charge in [-0.2, -0.15) is 0 Å². The van der Waals surface area contributed by atoms with Gasteiger partial charge in [-0.3, -0.25) is 9.59 Å². The number of phenolic OH excluding ortho intramolecular Hbond substituents is 1. The number of carboxylic acid groups (broad SMARTS) is 1. The van der Waals surface area contributed by atoms with Crippen LogP contribution in [0.1, 0.15) is 12.0 Å². The summed E-state index contributed by atoms with van der Waals surface area (Å²) in [5.74, 6) is -1.94. The lowest BCUT2D eigenvalue weighted by Crippen LogP contribution is -2.25. The average Bonchev–Trinajstić information content (AvgIpc) is 2.64. The van der Waals surface area contributed by atoms with Crippen molar-refractivity contribution in [2.24, 2.45) is 5.92 Å². The first-order chi connectivity index (χ1) is 7.99. The van der Waals surface area contributed by atoms with Crippen LogP contribution in [0.4, 0.5) is 5.69 Å². The lowest BCUT2D eigenvalue weighted by atomic mass is 10.1. The van der Waals surface area contributed by atoms with Crippen LogP contribution in [0.5, 0.6) is 5.75 Å². The van der Waals surface area contributed by atoms with Gasteiger partial charge in [-0.1, -0.05) is 6.07 Å². The maximum Gasteiger partial charge on any atom is 0.308 e. The van der Waals surface area contributed by atoms with E-state index in [2.05, 4.69) is 0 Å². The molecule has 1 aromatic carbocycles. The molecule has 17 heavy (non-hydrogen) atoms. The highest BCUT2D eigenvalue weighted by Crippen LogP contribution is 2.33. The number of anilines is 1. The van der Waals surface area contributed by atoms with E-state index < -0.39 is 11.9 Å². The van der Waals surface area contributed by atoms with Gasteiger partial charge in [0.1, 0.15) is 5.75 Å². The summed E-state index contributed by atoms with van der Waals surface area (Å²) in [4.78, 5) is 23.9. The number of hydrogen-bond acceptors (Lipinski definition) is 3. The minimum atomic E-state index is -0.979. The summed E-state index contributed by atoms with van der Waals surface area (Å²) in [5, 5.41) is 18.6. The number of nitrogens with zero attached hydrogens (tertiary/aromatic N) is 1. The SMILES string of the molecule is Cc1ccc(O)c(N2CC(C(=O)O)CC2=O)c1. The molecule has 1 aliphatic heterocycles. The average molecular weight is 235 g/mol. The van der Waals surface area contributed by atoms with E-state index in [1.54, 1.807) is 12.1 Å². The number of amides is 1. The smallest absolute Gasteiger partial charge is 0.308 e. The first-order valence-electron chi connectivity index (χ1n) is 5.32. The van der Waals surface area contributed by atoms with Gasteiger partial charge in [0.05, 0.1) is 11.6 Å². The van der Waals surface area contributed by atoms with E-state index in [1.165, 1.54) is 11.0 Å². The number of carboxylic acids is 1. The highest BCUT2D eigenvalue weighted by Gasteiger charge is 2.35. The van der Waals surface area contributed by atoms with E-state index >= 15 is 0 Å². The number of carbonyl (C=O) groups excluding carboxylic acids is 1. The Morgan fingerprint density at radius 3 is 2.76 bits per heavy atom. The summed E-state index contributed by atoms with van der Waals surface area (Å²) < 4.78 is 0. The zero-order chi connectivity index (χ0) is 12.6. The quantitative estimate of drug-likeness (QED) is 0.805. The van der Waals surface area contributed by atoms with Crippen LogP contribution in [-0.4, -0.2) is 28.6 Å². The second-order valence-electron chi connectivity index (χ2n) is 4.24. The molecule has 2 rings (SSSR count). The predicted octanol–water partition coefficient (Wildman–Crippen LogP) is 1.14. The third-order valence-corrected chi connectivity index (χ3v) is 2.90. The fourth-order valence-corrected chi connectivity index (χ4v) is 1.96. The van der Waals surface area contributed by atoms with Gasteiger partial charge in [0.15, 0.2) is 0 Å². The van der Waals surface area contributed by atoms with Crippen molar-refractivity contribution in [2.75, 3.05) is 11.4 Å². The Kier molecular flexibility index (Phi) is 2.75. The van der Waals surface area contributed by atoms with Crippen LogP contribution >= 0.6 is 0 Å². The van der Waals surface area contributed by atoms with Crippen molar-refractivity contribution in [3.63, 3.8) is 0 Å². The van der Waals surface area contributed by atoms with Crippen molar-refractivity contribution >= 4 is 17.6 Å². The van der Waals surface area contributed by atoms with Crippen LogP contribution in [0.15, 0.2) is 18.2 Å². The molecule has 0 saturated carbocycles. The summed E-state index contributed by atoms with van der Waals surface area (Å²) >= 11 is 0. The number of phenols is 1. The van der Waals surface area contributed by atoms with Gasteiger partial charge in [0.25, 0.3) is 0 Å². The Balaban J connectivity index is 2.32. The molecule has 1 aromatic rings. The standard InChI is InChI=1S/C12H13NO4/c1-7-2-3-10(14)9(4-7)13-6-8(12(16)17)5-11(13)15/h2-4,8,14H,5-6H2,1H3,(H,16,17). The zero-order valence-electron chi connectivity index (χ0n) is 9.38. The first-order valence-corrected chi connectivity index (χ1v) is 5.32. The molecular formula is C12H13NO4. The molecule has 1 heterocycles. The zero-order valence-corrected chi connectivity index (χ0v) is 9.38. The third-order valence-electron chi connectivity index (χ3n) is 2.90. The van der Waals surface area contributed by atoms with Crippen molar-refractivity contribution in [1.29, 1.82) is 0 Å². The third kappa shape index (κ3) is 2.08. The molecule has 0 bridgehead atoms. The van der Waals surface area contributed by atoms with E-state index in [-0.39, 0.29) is 24.6 Å². The van der Waals surface area contributed by atoms with Crippen molar-refractivity contribution in [1.82, 2.24) is 0 Å². The lowest BCUT2D eigenvalue weighted by Gasteiger charge is -2.17. The number of hydrogen-bond donors (Lipinski definition) is 2. The summed E-state index contributed by atoms with van der Waals surface area (Å²) in [7, 11) is 0. The predicted molar refractivity (Wildman–Crippen MR) is 60.9 cm³/mol. The normalized spacial score (nSPS) is 19.7. The summed E-state index contributed by atoms with van der Waals surface area (Å²) in [5.41, 5.74) is 1.29. The fraction of sp³-hybridized carbons (Fsp3) is 0.333. The van der Waals surface area contributed by atoms with E-state index in [1.807, 2.05) is 6.92 Å². The molecule has 0 aliphatic carbocycles. The maximum absolute atomic E-state index is 11.7. The number of aliphatic carboxylic acids is 1. The Labute approximate surface area is 98.3 Å². The van der Waals surface area contributed by atoms with Crippen molar-refractivity contribution in [3.05, 3.63) is 23.8 Å². The van der Waals surface area contributed by atoms with Crippen LogP contribution < -0.4 is 4.90 Å². The second-order valence-corrected chi connectivity index (χ2v) is 4.24. The Morgan fingerprint density at radius 1 is 1.47 bits per heavy atom. The number of aromatic hydroxyl groups is 1. The Bertz CT molecular complexity index is 483. The molecule has 1 saturated heterocycles. The van der Waals surface area contributed by atoms with Crippen molar-refractivity contribution in [2.45, 2.75) is 13.3 Å². The Morgan fingerprint density at radius 2 is 2.18 bits per heavy atom. The molecule has 1 fully saturated rings. The van der Waals surface area contributed by atoms with Gasteiger partial charge in [0, 0.05) is 13.0 Å². The summed E-state index contributed by atoms with van der Waals surface area (Å²) in [6.07, 6.45) is -0.0112. The van der Waals surface area contributed by atoms with E-state index in [0.717, 1.165) is 5.56 Å². The minimum Gasteiger partial charge on any atom is -0.506 e. The molecule has 1 amide bonds. The summed E-state index contributed by atoms with van der Waals surface area (Å²) in [6, 6.07) is 4.91. The van der Waals surface area contributed by atoms with E-state index in [9.17, 15) is 14.7 Å². The molecule has 0 radical (unpaired) electrons. The molecule has 1 aliphatic rings. The number of rotatable bonds is 2. The number of aryl methyl sites for hydroxylation is 1. The molecule has 5 heteroatoms. The van der Waals surface area contributed by atoms with Gasteiger partial charge < -0.3 is 15.1 Å². The molecule has 90 valence electrons. The van der Waals surface area contributed by atoms with Crippen molar-refractivity contribution in [3.8, 4) is 5.75 Å². The molecular weight excluding hydrogens is 222 g/mol. The fourth-order valence-electron chi connectivity index (χ4n) is 1.96. The molecule has 0 aromatic heterocycles. The molecule has 1 atom stereocenters. The van der Waals surface area contributed by atoms with Crippen LogP contribution in [-0.2, 0) is 9.59 Å². The minimum absolute atomic E-state index is 0.00464. The molecule has 2 N–H and O–H groups in total. The molecule has 5 nitrogen and oxygen atoms in total. The number of carbonyl (C=O) groups is 2. The van der Waals surface area contributed by atoms with Gasteiger partial charge in [-0.15, -0.1) is 0 Å². The first kappa shape index (κ1) is 11.4. The van der Waals surface area contributed by atoms with Gasteiger partial charge >= 0.3 is 5.97 Å². The van der Waals surface area contributed by atoms with Crippen LogP contribution in [0.3, 0.4) is 0 Å². The second kappa shape index (κ2) is 4.08. The Hall–Kier alpha value is -2.04. The highest BCUT2D eigenvalue weighted by molar-refractivity contribution is 6.00. The molecule has 1 unspecified atom stereocenters. The van der Waals surface area contributed by atoms with E-state index in [0.29, 0.717) is 5.69 Å². The topological polar surface area (TPSA) is 77.8 Å². The van der Waals surface area contributed by atoms with Crippen LogP contribution in [0.2, 0.25) is 0 Å². The number of benzene rings is 1. The highest BCUT2D eigenvalue weighted by atomic mass is 16.4. The molecule has 0 spiro atoms. The van der Waals surface area contributed by atoms with Crippen LogP contribution in [0, 0.1) is 12.8 Å². The summed E-state index contributed by atoms with van der Waals surface area (Å²) in [6.45, 7) is 1.96. The largest absolute Gasteiger partial charge is 0.506 e. The van der Waals surface area contributed by atoms with E-state index in [4.69, 9.17) is 5.11 Å².